The number of carbonyl (C=O) groups is 1. The maximum atomic E-state index is 11.4. The summed E-state index contributed by atoms with van der Waals surface area (Å²) in [7, 11) is 1.30. The fourth-order valence-electron chi connectivity index (χ4n) is 2.20. The third kappa shape index (κ3) is 1.82. The van der Waals surface area contributed by atoms with Crippen LogP contribution in [-0.2, 0) is 9.53 Å². The van der Waals surface area contributed by atoms with Crippen molar-refractivity contribution in [3.63, 3.8) is 0 Å². The summed E-state index contributed by atoms with van der Waals surface area (Å²) in [4.78, 5) is 11.4. The van der Waals surface area contributed by atoms with Crippen LogP contribution in [0.15, 0.2) is 12.2 Å². The van der Waals surface area contributed by atoms with Gasteiger partial charge < -0.3 is 9.84 Å². The average Bonchev–Trinajstić information content (AvgIpc) is 2.12. The molecule has 0 spiro atoms. The zero-order chi connectivity index (χ0) is 10.9. The van der Waals surface area contributed by atoms with E-state index in [1.54, 1.807) is 0 Å². The van der Waals surface area contributed by atoms with Gasteiger partial charge in [0.05, 0.1) is 7.11 Å². The molecule has 3 nitrogen and oxygen atoms in total. The fraction of sp³-hybridized carbons (Fsp3) is 0.727. The molecule has 14 heavy (non-hydrogen) atoms. The second kappa shape index (κ2) is 3.73. The number of ether oxygens (including phenoxy) is 1. The molecule has 0 aromatic carbocycles. The summed E-state index contributed by atoms with van der Waals surface area (Å²) in [5, 5.41) is 10.1. The van der Waals surface area contributed by atoms with Gasteiger partial charge in [-0.3, -0.25) is 0 Å². The molecule has 0 saturated heterocycles. The Bertz CT molecular complexity index is 243. The Morgan fingerprint density at radius 2 is 1.93 bits per heavy atom. The number of carbonyl (C=O) groups excluding carboxylic acids is 1. The molecule has 0 amide bonds. The van der Waals surface area contributed by atoms with Crippen LogP contribution in [0.4, 0.5) is 0 Å². The monoisotopic (exact) mass is 198 g/mol. The van der Waals surface area contributed by atoms with Crippen LogP contribution in [0.25, 0.3) is 0 Å². The Balaban J connectivity index is 2.84. The van der Waals surface area contributed by atoms with Gasteiger partial charge in [-0.05, 0) is 24.7 Å². The molecular formula is C11H18O3. The fourth-order valence-corrected chi connectivity index (χ4v) is 2.20. The second-order valence-electron chi connectivity index (χ2n) is 4.31. The van der Waals surface area contributed by atoms with Gasteiger partial charge in [-0.1, -0.05) is 26.0 Å². The number of hydrogen-bond acceptors (Lipinski definition) is 3. The molecular weight excluding hydrogens is 180 g/mol. The van der Waals surface area contributed by atoms with Gasteiger partial charge in [-0.2, -0.15) is 0 Å². The van der Waals surface area contributed by atoms with Gasteiger partial charge in [0.25, 0.3) is 0 Å². The first kappa shape index (κ1) is 11.2. The molecule has 1 aliphatic rings. The first-order valence-electron chi connectivity index (χ1n) is 4.90. The molecule has 0 aliphatic heterocycles. The van der Waals surface area contributed by atoms with E-state index in [-0.39, 0.29) is 11.8 Å². The van der Waals surface area contributed by atoms with E-state index in [0.29, 0.717) is 12.8 Å². The van der Waals surface area contributed by atoms with Crippen molar-refractivity contribution in [2.45, 2.75) is 32.3 Å². The van der Waals surface area contributed by atoms with Gasteiger partial charge in [0.2, 0.25) is 0 Å². The zero-order valence-corrected chi connectivity index (χ0v) is 9.04. The lowest BCUT2D eigenvalue weighted by molar-refractivity contribution is -0.167. The maximum absolute atomic E-state index is 11.4. The van der Waals surface area contributed by atoms with Crippen molar-refractivity contribution in [1.29, 1.82) is 0 Å². The number of esters is 1. The predicted molar refractivity (Wildman–Crippen MR) is 53.7 cm³/mol. The minimum atomic E-state index is -1.31. The molecule has 2 atom stereocenters. The van der Waals surface area contributed by atoms with Crippen LogP contribution in [0.5, 0.6) is 0 Å². The summed E-state index contributed by atoms with van der Waals surface area (Å²) in [6.07, 6.45) is 0.839. The summed E-state index contributed by atoms with van der Waals surface area (Å²) in [5.74, 6) is -0.186. The highest BCUT2D eigenvalue weighted by Gasteiger charge is 2.44. The van der Waals surface area contributed by atoms with Crippen molar-refractivity contribution in [1.82, 2.24) is 0 Å². The van der Waals surface area contributed by atoms with Crippen LogP contribution < -0.4 is 0 Å². The Morgan fingerprint density at radius 1 is 1.50 bits per heavy atom. The van der Waals surface area contributed by atoms with Crippen LogP contribution in [0.1, 0.15) is 26.7 Å². The van der Waals surface area contributed by atoms with E-state index >= 15 is 0 Å². The lowest BCUT2D eigenvalue weighted by Crippen LogP contribution is -2.46. The molecule has 3 heteroatoms. The highest BCUT2D eigenvalue weighted by atomic mass is 16.5. The van der Waals surface area contributed by atoms with E-state index in [1.807, 2.05) is 13.8 Å². The minimum Gasteiger partial charge on any atom is -0.467 e. The molecule has 1 aliphatic carbocycles. The van der Waals surface area contributed by atoms with Crippen LogP contribution >= 0.6 is 0 Å². The van der Waals surface area contributed by atoms with E-state index in [2.05, 4.69) is 11.3 Å². The molecule has 0 heterocycles. The summed E-state index contributed by atoms with van der Waals surface area (Å²) in [5.41, 5.74) is -0.201. The van der Waals surface area contributed by atoms with Gasteiger partial charge in [0, 0.05) is 0 Å². The van der Waals surface area contributed by atoms with E-state index in [4.69, 9.17) is 0 Å². The summed E-state index contributed by atoms with van der Waals surface area (Å²) in [6, 6.07) is 0. The normalized spacial score (nSPS) is 38.1. The van der Waals surface area contributed by atoms with E-state index in [1.165, 1.54) is 7.11 Å². The average molecular weight is 198 g/mol. The Morgan fingerprint density at radius 3 is 2.29 bits per heavy atom. The molecule has 0 bridgehead atoms. The smallest absolute Gasteiger partial charge is 0.337 e. The lowest BCUT2D eigenvalue weighted by atomic mass is 9.71. The van der Waals surface area contributed by atoms with Crippen molar-refractivity contribution in [2.24, 2.45) is 11.8 Å². The lowest BCUT2D eigenvalue weighted by Gasteiger charge is -2.38. The van der Waals surface area contributed by atoms with Crippen molar-refractivity contribution < 1.29 is 14.6 Å². The SMILES string of the molecule is C=C1[C@H](C)CC(O)(C(=O)OC)C[C@H]1C. The number of rotatable bonds is 1. The van der Waals surface area contributed by atoms with Gasteiger partial charge >= 0.3 is 5.97 Å². The van der Waals surface area contributed by atoms with Crippen LogP contribution in [0, 0.1) is 11.8 Å². The van der Waals surface area contributed by atoms with Gasteiger partial charge in [-0.15, -0.1) is 0 Å². The molecule has 1 rings (SSSR count). The second-order valence-corrected chi connectivity index (χ2v) is 4.31. The molecule has 0 unspecified atom stereocenters. The topological polar surface area (TPSA) is 46.5 Å². The minimum absolute atomic E-state index is 0.169. The van der Waals surface area contributed by atoms with Crippen molar-refractivity contribution in [2.75, 3.05) is 7.11 Å². The zero-order valence-electron chi connectivity index (χ0n) is 9.04. The molecule has 80 valence electrons. The quantitative estimate of drug-likeness (QED) is 0.513. The summed E-state index contributed by atoms with van der Waals surface area (Å²) < 4.78 is 4.61. The summed E-state index contributed by atoms with van der Waals surface area (Å²) in [6.45, 7) is 7.92. The Kier molecular flexibility index (Phi) is 3.00. The molecule has 1 fully saturated rings. The van der Waals surface area contributed by atoms with Crippen molar-refractivity contribution >= 4 is 5.97 Å². The summed E-state index contributed by atoms with van der Waals surface area (Å²) >= 11 is 0. The Labute approximate surface area is 84.8 Å². The number of hydrogen-bond donors (Lipinski definition) is 1. The van der Waals surface area contributed by atoms with Gasteiger partial charge in [-0.25, -0.2) is 4.79 Å². The molecule has 0 aromatic heterocycles. The van der Waals surface area contributed by atoms with Gasteiger partial charge in [0.1, 0.15) is 0 Å². The standard InChI is InChI=1S/C11H18O3/c1-7-5-11(13,10(12)14-4)6-8(2)9(7)3/h7-8,13H,3,5-6H2,1-2,4H3/t7-,8-/m1/s1. The van der Waals surface area contributed by atoms with E-state index < -0.39 is 11.6 Å². The Hall–Kier alpha value is -0.830. The van der Waals surface area contributed by atoms with Crippen LogP contribution in [0.2, 0.25) is 0 Å². The third-order valence-electron chi connectivity index (χ3n) is 3.12. The maximum Gasteiger partial charge on any atom is 0.337 e. The van der Waals surface area contributed by atoms with Crippen molar-refractivity contribution in [3.05, 3.63) is 12.2 Å². The molecule has 0 radical (unpaired) electrons. The highest BCUT2D eigenvalue weighted by Crippen LogP contribution is 2.39. The molecule has 1 saturated carbocycles. The largest absolute Gasteiger partial charge is 0.467 e. The number of methoxy groups -OCH3 is 1. The number of aliphatic hydroxyl groups is 1. The van der Waals surface area contributed by atoms with Crippen molar-refractivity contribution in [3.8, 4) is 0 Å². The van der Waals surface area contributed by atoms with Gasteiger partial charge in [0.15, 0.2) is 5.60 Å². The van der Waals surface area contributed by atoms with E-state index in [9.17, 15) is 9.90 Å². The first-order chi connectivity index (χ1) is 6.40. The third-order valence-corrected chi connectivity index (χ3v) is 3.12. The van der Waals surface area contributed by atoms with Crippen LogP contribution in [0.3, 0.4) is 0 Å². The van der Waals surface area contributed by atoms with Crippen LogP contribution in [-0.4, -0.2) is 23.8 Å². The predicted octanol–water partition coefficient (Wildman–Crippen LogP) is 1.51. The highest BCUT2D eigenvalue weighted by molar-refractivity contribution is 5.79. The molecule has 1 N–H and O–H groups in total. The molecule has 0 aromatic rings. The first-order valence-corrected chi connectivity index (χ1v) is 4.90. The van der Waals surface area contributed by atoms with E-state index in [0.717, 1.165) is 5.57 Å². The number of allylic oxidation sites excluding steroid dienone is 1.